The molecule has 3 nitrogen and oxygen atoms in total. The average Bonchev–Trinajstić information content (AvgIpc) is 2.78. The van der Waals surface area contributed by atoms with Gasteiger partial charge < -0.3 is 5.32 Å². The van der Waals surface area contributed by atoms with E-state index >= 15 is 0 Å². The fourth-order valence-corrected chi connectivity index (χ4v) is 2.95. The summed E-state index contributed by atoms with van der Waals surface area (Å²) in [4.78, 5) is 0. The lowest BCUT2D eigenvalue weighted by Gasteiger charge is -2.21. The Kier molecular flexibility index (Phi) is 3.33. The normalized spacial score (nSPS) is 17.4. The molecule has 1 fully saturated rings. The summed E-state index contributed by atoms with van der Waals surface area (Å²) in [5, 5.41) is 9.57. The van der Waals surface area contributed by atoms with Crippen LogP contribution in [0.15, 0.2) is 24.3 Å². The zero-order valence-corrected chi connectivity index (χ0v) is 11.0. The van der Waals surface area contributed by atoms with Crippen molar-refractivity contribution in [1.29, 1.82) is 0 Å². The van der Waals surface area contributed by atoms with E-state index in [1.54, 1.807) is 0 Å². The molecule has 0 atom stereocenters. The highest BCUT2D eigenvalue weighted by Gasteiger charge is 2.17. The maximum absolute atomic E-state index is 4.80. The molecule has 0 amide bonds. The minimum Gasteiger partial charge on any atom is -0.317 e. The van der Waals surface area contributed by atoms with E-state index in [9.17, 15) is 0 Å². The lowest BCUT2D eigenvalue weighted by atomic mass is 9.92. The maximum atomic E-state index is 4.80. The molecule has 1 aliphatic heterocycles. The van der Waals surface area contributed by atoms with Crippen molar-refractivity contribution in [3.8, 4) is 0 Å². The third kappa shape index (κ3) is 2.15. The van der Waals surface area contributed by atoms with Gasteiger partial charge in [0.05, 0.1) is 11.2 Å². The Balaban J connectivity index is 1.91. The van der Waals surface area contributed by atoms with Crippen LogP contribution in [0, 0.1) is 5.92 Å². The third-order valence-electron chi connectivity index (χ3n) is 3.97. The lowest BCUT2D eigenvalue weighted by molar-refractivity contribution is 0.369. The highest BCUT2D eigenvalue weighted by atomic mass is 15.3. The van der Waals surface area contributed by atoms with Crippen LogP contribution < -0.4 is 5.32 Å². The summed E-state index contributed by atoms with van der Waals surface area (Å²) in [5.74, 6) is 0.801. The molecule has 0 aliphatic carbocycles. The topological polar surface area (TPSA) is 29.9 Å². The van der Waals surface area contributed by atoms with Gasteiger partial charge in [-0.3, -0.25) is 4.68 Å². The number of hydrogen-bond donors (Lipinski definition) is 1. The van der Waals surface area contributed by atoms with Gasteiger partial charge in [-0.1, -0.05) is 18.2 Å². The predicted octanol–water partition coefficient (Wildman–Crippen LogP) is 2.60. The highest BCUT2D eigenvalue weighted by molar-refractivity contribution is 5.81. The summed E-state index contributed by atoms with van der Waals surface area (Å²) in [6.45, 7) is 5.44. The smallest absolute Gasteiger partial charge is 0.0706 e. The second-order valence-corrected chi connectivity index (χ2v) is 5.18. The number of nitrogens with zero attached hydrogens (tertiary/aromatic N) is 2. The number of para-hydroxylation sites is 1. The molecule has 1 aromatic heterocycles. The van der Waals surface area contributed by atoms with E-state index in [1.165, 1.54) is 29.4 Å². The zero-order chi connectivity index (χ0) is 12.4. The van der Waals surface area contributed by atoms with Gasteiger partial charge in [-0.05, 0) is 51.3 Å². The number of aryl methyl sites for hydroxylation is 1. The fourth-order valence-electron chi connectivity index (χ4n) is 2.95. The molecule has 0 bridgehead atoms. The van der Waals surface area contributed by atoms with E-state index in [2.05, 4.69) is 41.2 Å². The first kappa shape index (κ1) is 11.7. The molecule has 0 radical (unpaired) electrons. The first-order valence-electron chi connectivity index (χ1n) is 7.03. The Morgan fingerprint density at radius 1 is 1.28 bits per heavy atom. The van der Waals surface area contributed by atoms with Crippen LogP contribution in [0.2, 0.25) is 0 Å². The van der Waals surface area contributed by atoms with Crippen LogP contribution in [0.5, 0.6) is 0 Å². The van der Waals surface area contributed by atoms with Crippen LogP contribution >= 0.6 is 0 Å². The Morgan fingerprint density at radius 2 is 2.06 bits per heavy atom. The van der Waals surface area contributed by atoms with E-state index in [-0.39, 0.29) is 0 Å². The van der Waals surface area contributed by atoms with Crippen LogP contribution in [0.25, 0.3) is 10.9 Å². The van der Waals surface area contributed by atoms with Crippen LogP contribution in [-0.4, -0.2) is 22.9 Å². The molecule has 1 N–H and O–H groups in total. The Hall–Kier alpha value is -1.35. The van der Waals surface area contributed by atoms with Crippen LogP contribution in [0.4, 0.5) is 0 Å². The van der Waals surface area contributed by atoms with E-state index in [0.29, 0.717) is 0 Å². The van der Waals surface area contributed by atoms with Gasteiger partial charge in [0.25, 0.3) is 0 Å². The second kappa shape index (κ2) is 5.11. The molecule has 2 aromatic rings. The minimum absolute atomic E-state index is 0.801. The van der Waals surface area contributed by atoms with Crippen LogP contribution in [0.1, 0.15) is 25.5 Å². The van der Waals surface area contributed by atoms with E-state index in [4.69, 9.17) is 5.10 Å². The average molecular weight is 243 g/mol. The van der Waals surface area contributed by atoms with Crippen molar-refractivity contribution in [1.82, 2.24) is 15.1 Å². The molecule has 96 valence electrons. The van der Waals surface area contributed by atoms with Crippen molar-refractivity contribution in [2.45, 2.75) is 32.7 Å². The van der Waals surface area contributed by atoms with E-state index in [1.807, 2.05) is 0 Å². The van der Waals surface area contributed by atoms with Crippen LogP contribution in [0.3, 0.4) is 0 Å². The Labute approximate surface area is 108 Å². The second-order valence-electron chi connectivity index (χ2n) is 5.18. The molecule has 0 saturated carbocycles. The predicted molar refractivity (Wildman–Crippen MR) is 74.7 cm³/mol. The molecule has 0 unspecified atom stereocenters. The summed E-state index contributed by atoms with van der Waals surface area (Å²) < 4.78 is 2.13. The number of benzene rings is 1. The number of nitrogens with one attached hydrogen (secondary N) is 1. The van der Waals surface area contributed by atoms with Gasteiger partial charge in [-0.2, -0.15) is 5.10 Å². The minimum atomic E-state index is 0.801. The van der Waals surface area contributed by atoms with Crippen molar-refractivity contribution in [2.24, 2.45) is 5.92 Å². The first-order chi connectivity index (χ1) is 8.88. The largest absolute Gasteiger partial charge is 0.317 e. The van der Waals surface area contributed by atoms with Gasteiger partial charge in [-0.25, -0.2) is 0 Å². The van der Waals surface area contributed by atoms with Crippen molar-refractivity contribution < 1.29 is 0 Å². The van der Waals surface area contributed by atoms with Gasteiger partial charge in [-0.15, -0.1) is 0 Å². The molecule has 2 heterocycles. The lowest BCUT2D eigenvalue weighted by Crippen LogP contribution is -2.28. The number of rotatable bonds is 3. The van der Waals surface area contributed by atoms with Gasteiger partial charge >= 0.3 is 0 Å². The van der Waals surface area contributed by atoms with E-state index < -0.39 is 0 Å². The molecule has 1 aliphatic rings. The van der Waals surface area contributed by atoms with Gasteiger partial charge in [0.2, 0.25) is 0 Å². The molecule has 18 heavy (non-hydrogen) atoms. The van der Waals surface area contributed by atoms with Gasteiger partial charge in [0.15, 0.2) is 0 Å². The van der Waals surface area contributed by atoms with Crippen LogP contribution in [-0.2, 0) is 13.0 Å². The molecule has 3 rings (SSSR count). The summed E-state index contributed by atoms with van der Waals surface area (Å²) in [6, 6.07) is 8.61. The summed E-state index contributed by atoms with van der Waals surface area (Å²) >= 11 is 0. The Morgan fingerprint density at radius 3 is 2.83 bits per heavy atom. The maximum Gasteiger partial charge on any atom is 0.0706 e. The van der Waals surface area contributed by atoms with E-state index in [0.717, 1.165) is 32.0 Å². The Bertz CT molecular complexity index is 524. The van der Waals surface area contributed by atoms with Crippen molar-refractivity contribution in [3.05, 3.63) is 30.0 Å². The zero-order valence-electron chi connectivity index (χ0n) is 11.0. The summed E-state index contributed by atoms with van der Waals surface area (Å²) in [6.07, 6.45) is 3.70. The molecular weight excluding hydrogens is 222 g/mol. The first-order valence-corrected chi connectivity index (χ1v) is 7.03. The molecule has 1 aromatic carbocycles. The molecule has 0 spiro atoms. The monoisotopic (exact) mass is 243 g/mol. The number of fused-ring (bicyclic) bond motifs is 1. The fraction of sp³-hybridized carbons (Fsp3) is 0.533. The van der Waals surface area contributed by atoms with Crippen molar-refractivity contribution >= 4 is 10.9 Å². The SMILES string of the molecule is CCn1nc(CC2CCNCC2)c2ccccc21. The quantitative estimate of drug-likeness (QED) is 0.898. The highest BCUT2D eigenvalue weighted by Crippen LogP contribution is 2.24. The molecule has 1 saturated heterocycles. The summed E-state index contributed by atoms with van der Waals surface area (Å²) in [5.41, 5.74) is 2.57. The standard InChI is InChI=1S/C15H21N3/c1-2-18-15-6-4-3-5-13(15)14(17-18)11-12-7-9-16-10-8-12/h3-6,12,16H,2,7-11H2,1H3. The number of hydrogen-bond acceptors (Lipinski definition) is 2. The number of piperidine rings is 1. The number of aromatic nitrogens is 2. The van der Waals surface area contributed by atoms with Crippen molar-refractivity contribution in [3.63, 3.8) is 0 Å². The van der Waals surface area contributed by atoms with Gasteiger partial charge in [0, 0.05) is 11.9 Å². The molecular formula is C15H21N3. The summed E-state index contributed by atoms with van der Waals surface area (Å²) in [7, 11) is 0. The third-order valence-corrected chi connectivity index (χ3v) is 3.97. The molecule has 3 heteroatoms. The van der Waals surface area contributed by atoms with Crippen molar-refractivity contribution in [2.75, 3.05) is 13.1 Å². The van der Waals surface area contributed by atoms with Gasteiger partial charge in [0.1, 0.15) is 0 Å².